The lowest BCUT2D eigenvalue weighted by atomic mass is 9.60. The molecule has 4 aliphatic heterocycles. The number of benzene rings is 1. The van der Waals surface area contributed by atoms with E-state index >= 15 is 4.39 Å². The summed E-state index contributed by atoms with van der Waals surface area (Å²) in [4.78, 5) is 95.3. The van der Waals surface area contributed by atoms with Crippen LogP contribution in [0.15, 0.2) is 53.6 Å². The third-order valence-corrected chi connectivity index (χ3v) is 12.7. The second-order valence-corrected chi connectivity index (χ2v) is 16.3. The molecule has 4 aromatic rings. The molecule has 5 amide bonds. The molecular weight excluding hydrogens is 746 g/mol. The van der Waals surface area contributed by atoms with E-state index in [-0.39, 0.29) is 52.6 Å². The normalized spacial score (nSPS) is 21.1. The van der Waals surface area contributed by atoms with Crippen molar-refractivity contribution in [3.63, 3.8) is 0 Å². The number of nitrogens with one attached hydrogen (secondary N) is 3. The molecule has 1 spiro atoms. The predicted molar refractivity (Wildman–Crippen MR) is 211 cm³/mol. The Balaban J connectivity index is 0.739. The van der Waals surface area contributed by atoms with E-state index in [0.29, 0.717) is 25.2 Å². The average molecular weight is 790 g/mol. The highest BCUT2D eigenvalue weighted by atomic mass is 19.1. The Labute approximate surface area is 333 Å². The minimum absolute atomic E-state index is 0.00707. The third-order valence-electron chi connectivity index (χ3n) is 12.7. The van der Waals surface area contributed by atoms with E-state index < -0.39 is 35.5 Å². The number of pyridine rings is 3. The number of piperidine rings is 2. The van der Waals surface area contributed by atoms with Crippen LogP contribution in [0, 0.1) is 11.2 Å². The van der Waals surface area contributed by atoms with E-state index in [4.69, 9.17) is 0 Å². The van der Waals surface area contributed by atoms with Gasteiger partial charge in [0.15, 0.2) is 0 Å². The molecule has 1 saturated carbocycles. The molecule has 0 radical (unpaired) electrons. The fraction of sp³-hybridized carbons (Fsp3) is 0.429. The van der Waals surface area contributed by atoms with Crippen LogP contribution in [0.3, 0.4) is 0 Å². The van der Waals surface area contributed by atoms with E-state index in [0.717, 1.165) is 97.2 Å². The van der Waals surface area contributed by atoms with Crippen LogP contribution in [0.2, 0.25) is 0 Å². The van der Waals surface area contributed by atoms with Crippen LogP contribution in [0.5, 0.6) is 0 Å². The number of halogens is 1. The number of imide groups is 2. The molecular formula is C42H44FN9O6. The van der Waals surface area contributed by atoms with Crippen LogP contribution in [0.1, 0.15) is 87.8 Å². The number of aryl methyl sites for hydroxylation is 1. The number of hydrogen-bond donors (Lipinski definition) is 3. The lowest BCUT2D eigenvalue weighted by Gasteiger charge is -2.52. The molecule has 5 aliphatic rings. The average Bonchev–Trinajstić information content (AvgIpc) is 3.44. The van der Waals surface area contributed by atoms with E-state index in [1.807, 2.05) is 36.2 Å². The van der Waals surface area contributed by atoms with Crippen LogP contribution in [-0.2, 0) is 22.6 Å². The number of hydrogen-bond acceptors (Lipinski definition) is 11. The molecule has 3 saturated heterocycles. The Bertz CT molecular complexity index is 2410. The number of fused-ring (bicyclic) bond motifs is 2. The fourth-order valence-corrected chi connectivity index (χ4v) is 9.34. The maximum absolute atomic E-state index is 15.5. The second kappa shape index (κ2) is 14.7. The van der Waals surface area contributed by atoms with Gasteiger partial charge in [0, 0.05) is 70.0 Å². The van der Waals surface area contributed by atoms with Gasteiger partial charge < -0.3 is 20.1 Å². The van der Waals surface area contributed by atoms with Crippen molar-refractivity contribution < 1.29 is 28.4 Å². The van der Waals surface area contributed by atoms with Gasteiger partial charge in [-0.25, -0.2) is 9.37 Å². The van der Waals surface area contributed by atoms with Gasteiger partial charge in [0.05, 0.1) is 39.7 Å². The summed E-state index contributed by atoms with van der Waals surface area (Å²) in [5, 5.41) is 5.31. The highest BCUT2D eigenvalue weighted by Crippen LogP contribution is 2.50. The number of aromatic nitrogens is 3. The summed E-state index contributed by atoms with van der Waals surface area (Å²) in [5.41, 5.74) is 4.82. The summed E-state index contributed by atoms with van der Waals surface area (Å²) in [7, 11) is 0. The Morgan fingerprint density at radius 2 is 1.64 bits per heavy atom. The SMILES string of the molecule is CCc1cc2ncc(CN3CCN(c4ccc(C(=O)NC5CC6(CCN(c7cc8c(cc7F)C(=O)N(C7CCC(=O)NC7=O)C8=O)CC6)C5)nc4)CC3)cc2[nH]c1=O. The zero-order chi connectivity index (χ0) is 40.3. The van der Waals surface area contributed by atoms with Gasteiger partial charge in [0.2, 0.25) is 11.8 Å². The molecule has 9 rings (SSSR count). The van der Waals surface area contributed by atoms with Gasteiger partial charge in [-0.15, -0.1) is 0 Å². The zero-order valence-corrected chi connectivity index (χ0v) is 32.2. The molecule has 16 heteroatoms. The molecule has 1 aliphatic carbocycles. The van der Waals surface area contributed by atoms with Gasteiger partial charge in [0.1, 0.15) is 17.6 Å². The first kappa shape index (κ1) is 37.5. The van der Waals surface area contributed by atoms with E-state index in [9.17, 15) is 28.8 Å². The van der Waals surface area contributed by atoms with Gasteiger partial charge >= 0.3 is 0 Å². The number of carbonyl (C=O) groups excluding carboxylic acids is 5. The number of amides is 5. The van der Waals surface area contributed by atoms with Crippen LogP contribution in [0.4, 0.5) is 15.8 Å². The summed E-state index contributed by atoms with van der Waals surface area (Å²) in [5.74, 6) is -3.39. The number of nitrogens with zero attached hydrogens (tertiary/aromatic N) is 6. The first-order chi connectivity index (χ1) is 28.0. The number of anilines is 2. The Kier molecular flexibility index (Phi) is 9.53. The highest BCUT2D eigenvalue weighted by molar-refractivity contribution is 6.23. The molecule has 7 heterocycles. The quantitative estimate of drug-likeness (QED) is 0.224. The largest absolute Gasteiger partial charge is 0.369 e. The smallest absolute Gasteiger partial charge is 0.270 e. The van der Waals surface area contributed by atoms with Gasteiger partial charge in [0.25, 0.3) is 23.3 Å². The van der Waals surface area contributed by atoms with E-state index in [2.05, 4.69) is 35.4 Å². The molecule has 1 unspecified atom stereocenters. The van der Waals surface area contributed by atoms with Crippen molar-refractivity contribution in [3.8, 4) is 0 Å². The lowest BCUT2D eigenvalue weighted by molar-refractivity contribution is -0.136. The molecule has 1 aromatic carbocycles. The molecule has 3 aromatic heterocycles. The van der Waals surface area contributed by atoms with E-state index in [1.54, 1.807) is 12.3 Å². The summed E-state index contributed by atoms with van der Waals surface area (Å²) in [6, 6.07) is 8.97. The molecule has 1 atom stereocenters. The monoisotopic (exact) mass is 789 g/mol. The first-order valence-electron chi connectivity index (χ1n) is 20.0. The Morgan fingerprint density at radius 1 is 0.897 bits per heavy atom. The molecule has 58 heavy (non-hydrogen) atoms. The van der Waals surface area contributed by atoms with Crippen molar-refractivity contribution in [3.05, 3.63) is 92.9 Å². The van der Waals surface area contributed by atoms with Gasteiger partial charge in [-0.2, -0.15) is 0 Å². The minimum Gasteiger partial charge on any atom is -0.369 e. The van der Waals surface area contributed by atoms with Crippen LogP contribution in [0.25, 0.3) is 11.0 Å². The minimum atomic E-state index is -1.11. The van der Waals surface area contributed by atoms with Crippen molar-refractivity contribution >= 4 is 51.9 Å². The van der Waals surface area contributed by atoms with Crippen molar-refractivity contribution in [2.75, 3.05) is 49.1 Å². The topological polar surface area (TPSA) is 181 Å². The second-order valence-electron chi connectivity index (χ2n) is 16.3. The first-order valence-corrected chi connectivity index (χ1v) is 20.0. The maximum Gasteiger partial charge on any atom is 0.270 e. The van der Waals surface area contributed by atoms with Crippen LogP contribution < -0.4 is 26.0 Å². The predicted octanol–water partition coefficient (Wildman–Crippen LogP) is 2.92. The van der Waals surface area contributed by atoms with Crippen molar-refractivity contribution in [2.24, 2.45) is 5.41 Å². The fourth-order valence-electron chi connectivity index (χ4n) is 9.34. The Morgan fingerprint density at radius 3 is 2.33 bits per heavy atom. The molecule has 300 valence electrons. The number of piperazine rings is 1. The molecule has 4 fully saturated rings. The number of rotatable bonds is 8. The van der Waals surface area contributed by atoms with Crippen molar-refractivity contribution in [1.82, 2.24) is 35.4 Å². The number of carbonyl (C=O) groups is 5. The van der Waals surface area contributed by atoms with Crippen LogP contribution >= 0.6 is 0 Å². The zero-order valence-electron chi connectivity index (χ0n) is 32.2. The highest BCUT2D eigenvalue weighted by Gasteiger charge is 2.48. The molecule has 15 nitrogen and oxygen atoms in total. The summed E-state index contributed by atoms with van der Waals surface area (Å²) in [6.45, 7) is 7.11. The van der Waals surface area contributed by atoms with Gasteiger partial charge in [-0.05, 0) is 85.9 Å². The summed E-state index contributed by atoms with van der Waals surface area (Å²) >= 11 is 0. The molecule has 3 N–H and O–H groups in total. The summed E-state index contributed by atoms with van der Waals surface area (Å²) < 4.78 is 15.5. The van der Waals surface area contributed by atoms with Crippen LogP contribution in [-0.4, -0.2) is 106 Å². The summed E-state index contributed by atoms with van der Waals surface area (Å²) in [6.07, 6.45) is 7.52. The van der Waals surface area contributed by atoms with Gasteiger partial charge in [-0.1, -0.05) is 6.92 Å². The lowest BCUT2D eigenvalue weighted by Crippen LogP contribution is -2.55. The number of aromatic amines is 1. The van der Waals surface area contributed by atoms with E-state index in [1.165, 1.54) is 6.07 Å². The maximum atomic E-state index is 15.5. The third kappa shape index (κ3) is 6.88. The standard InChI is InChI=1S/C42H44FN9O6/c1-2-25-16-32-33(47-37(25)54)15-24(21-44-32)23-49-11-13-50(14-12-49)27-3-4-31(45-22-27)38(55)46-26-19-42(20-26)7-9-51(10-8-42)35-18-29-28(17-30(35)43)40(57)52(41(29)58)34-5-6-36(53)48-39(34)56/h3-4,15-18,21-22,26,34H,2,5-14,19-20,23H2,1H3,(H,46,55)(H,47,54)(H,48,53,56). The van der Waals surface area contributed by atoms with Gasteiger partial charge in [-0.3, -0.25) is 48.9 Å². The van der Waals surface area contributed by atoms with Crippen molar-refractivity contribution in [2.45, 2.75) is 70.5 Å². The Hall–Kier alpha value is -6.03. The van der Waals surface area contributed by atoms with Crippen molar-refractivity contribution in [1.29, 1.82) is 0 Å². The molecule has 0 bridgehead atoms. The number of H-pyrrole nitrogens is 1.